The van der Waals surface area contributed by atoms with Gasteiger partial charge in [0.1, 0.15) is 5.82 Å². The van der Waals surface area contributed by atoms with Crippen LogP contribution in [0, 0.1) is 6.92 Å². The molecule has 3 rings (SSSR count). The highest BCUT2D eigenvalue weighted by molar-refractivity contribution is 6.34. The molecule has 0 atom stereocenters. The second-order valence-corrected chi connectivity index (χ2v) is 6.96. The van der Waals surface area contributed by atoms with Crippen molar-refractivity contribution < 1.29 is 0 Å². The molecule has 5 nitrogen and oxygen atoms in total. The summed E-state index contributed by atoms with van der Waals surface area (Å²) in [6.07, 6.45) is 5.40. The van der Waals surface area contributed by atoms with E-state index in [0.29, 0.717) is 0 Å². The van der Waals surface area contributed by atoms with Gasteiger partial charge in [-0.15, -0.1) is 5.10 Å². The Labute approximate surface area is 152 Å². The second-order valence-electron chi connectivity index (χ2n) is 6.11. The summed E-state index contributed by atoms with van der Waals surface area (Å²) in [6.45, 7) is 6.04. The largest absolute Gasteiger partial charge is 0.303 e. The minimum atomic E-state index is 0.724. The average Bonchev–Trinajstić information content (AvgIpc) is 2.98. The quantitative estimate of drug-likeness (QED) is 0.806. The maximum absolute atomic E-state index is 6.24. The van der Waals surface area contributed by atoms with E-state index >= 15 is 0 Å². The van der Waals surface area contributed by atoms with E-state index < -0.39 is 0 Å². The first-order valence-electron chi connectivity index (χ1n) is 8.21. The summed E-state index contributed by atoms with van der Waals surface area (Å²) in [4.78, 5) is 2.50. The minimum absolute atomic E-state index is 0.724. The molecule has 1 aliphatic heterocycles. The normalized spacial score (nSPS) is 15.7. The van der Waals surface area contributed by atoms with Crippen molar-refractivity contribution in [3.05, 3.63) is 45.2 Å². The zero-order valence-corrected chi connectivity index (χ0v) is 15.3. The molecule has 1 aromatic heterocycles. The molecule has 1 fully saturated rings. The second kappa shape index (κ2) is 8.10. The Bertz CT molecular complexity index is 716. The highest BCUT2D eigenvalue weighted by Gasteiger charge is 2.14. The van der Waals surface area contributed by atoms with E-state index in [1.54, 1.807) is 0 Å². The third kappa shape index (κ3) is 4.56. The molecule has 0 N–H and O–H groups in total. The van der Waals surface area contributed by atoms with Gasteiger partial charge in [-0.25, -0.2) is 4.68 Å². The van der Waals surface area contributed by atoms with Gasteiger partial charge in [-0.1, -0.05) is 34.9 Å². The number of aromatic nitrogens is 4. The maximum atomic E-state index is 6.24. The fraction of sp³-hybridized carbons (Fsp3) is 0.471. The van der Waals surface area contributed by atoms with Gasteiger partial charge in [0.2, 0.25) is 0 Å². The fourth-order valence-electron chi connectivity index (χ4n) is 2.95. The Morgan fingerprint density at radius 1 is 1.17 bits per heavy atom. The average molecular weight is 366 g/mol. The number of piperidine rings is 1. The Balaban J connectivity index is 1.48. The van der Waals surface area contributed by atoms with E-state index in [9.17, 15) is 0 Å². The van der Waals surface area contributed by atoms with Crippen molar-refractivity contribution in [2.24, 2.45) is 0 Å². The lowest BCUT2D eigenvalue weighted by molar-refractivity contribution is 0.247. The van der Waals surface area contributed by atoms with Gasteiger partial charge in [0.05, 0.1) is 0 Å². The van der Waals surface area contributed by atoms with Crippen LogP contribution >= 0.6 is 23.2 Å². The topological polar surface area (TPSA) is 46.8 Å². The third-order valence-corrected chi connectivity index (χ3v) is 4.95. The maximum Gasteiger partial charge on any atom is 0.148 e. The molecule has 0 unspecified atom stereocenters. The van der Waals surface area contributed by atoms with Gasteiger partial charge in [0.15, 0.2) is 0 Å². The zero-order valence-electron chi connectivity index (χ0n) is 13.8. The van der Waals surface area contributed by atoms with Crippen LogP contribution < -0.4 is 0 Å². The molecular formula is C17H21Cl2N5. The first-order chi connectivity index (χ1) is 11.6. The van der Waals surface area contributed by atoms with Crippen LogP contribution in [0.5, 0.6) is 0 Å². The first kappa shape index (κ1) is 17.4. The molecule has 0 saturated carbocycles. The lowest BCUT2D eigenvalue weighted by Gasteiger charge is -2.28. The molecule has 0 bridgehead atoms. The number of halogens is 2. The van der Waals surface area contributed by atoms with Gasteiger partial charge in [-0.2, -0.15) is 0 Å². The molecule has 0 aliphatic carbocycles. The lowest BCUT2D eigenvalue weighted by atomic mass is 10.0. The van der Waals surface area contributed by atoms with Gasteiger partial charge in [0.25, 0.3) is 0 Å². The number of hydrogen-bond donors (Lipinski definition) is 0. The summed E-state index contributed by atoms with van der Waals surface area (Å²) in [5.41, 5.74) is 2.45. The van der Waals surface area contributed by atoms with Gasteiger partial charge in [-0.05, 0) is 66.9 Å². The summed E-state index contributed by atoms with van der Waals surface area (Å²) in [6, 6.07) is 5.60. The summed E-state index contributed by atoms with van der Waals surface area (Å²) in [7, 11) is 0. The van der Waals surface area contributed by atoms with Crippen molar-refractivity contribution in [2.45, 2.75) is 32.7 Å². The molecule has 0 radical (unpaired) electrons. The molecule has 1 saturated heterocycles. The number of aryl methyl sites for hydroxylation is 2. The smallest absolute Gasteiger partial charge is 0.148 e. The Morgan fingerprint density at radius 2 is 1.96 bits per heavy atom. The molecule has 1 aliphatic rings. The predicted molar refractivity (Wildman–Crippen MR) is 97.3 cm³/mol. The monoisotopic (exact) mass is 365 g/mol. The van der Waals surface area contributed by atoms with Gasteiger partial charge < -0.3 is 4.90 Å². The molecule has 0 amide bonds. The standard InChI is InChI=1S/C17H21Cl2N5/c1-13-20-21-22-24(13)8-2-7-23-9-5-14(6-10-23)11-15-12-16(18)3-4-17(15)19/h3-4,11-12H,2,5-10H2,1H3. The van der Waals surface area contributed by atoms with E-state index in [0.717, 1.165) is 66.9 Å². The number of benzene rings is 1. The molecule has 0 spiro atoms. The van der Waals surface area contributed by atoms with Gasteiger partial charge in [-0.3, -0.25) is 0 Å². The molecule has 2 heterocycles. The number of likely N-dealkylation sites (tertiary alicyclic amines) is 1. The van der Waals surface area contributed by atoms with Crippen LogP contribution in [0.1, 0.15) is 30.7 Å². The van der Waals surface area contributed by atoms with E-state index in [1.807, 2.05) is 29.8 Å². The fourth-order valence-corrected chi connectivity index (χ4v) is 3.31. The van der Waals surface area contributed by atoms with Crippen molar-refractivity contribution in [2.75, 3.05) is 19.6 Å². The minimum Gasteiger partial charge on any atom is -0.303 e. The number of nitrogens with zero attached hydrogens (tertiary/aromatic N) is 5. The van der Waals surface area contributed by atoms with Crippen LogP contribution in [0.25, 0.3) is 6.08 Å². The molecule has 24 heavy (non-hydrogen) atoms. The molecule has 128 valence electrons. The van der Waals surface area contributed by atoms with Gasteiger partial charge >= 0.3 is 0 Å². The van der Waals surface area contributed by atoms with Crippen molar-refractivity contribution in [1.29, 1.82) is 0 Å². The van der Waals surface area contributed by atoms with E-state index in [2.05, 4.69) is 26.5 Å². The van der Waals surface area contributed by atoms with Crippen LogP contribution in [0.4, 0.5) is 0 Å². The molecule has 7 heteroatoms. The van der Waals surface area contributed by atoms with E-state index in [-0.39, 0.29) is 0 Å². The summed E-state index contributed by atoms with van der Waals surface area (Å²) in [5.74, 6) is 0.872. The Morgan fingerprint density at radius 3 is 2.67 bits per heavy atom. The lowest BCUT2D eigenvalue weighted by Crippen LogP contribution is -2.32. The van der Waals surface area contributed by atoms with Crippen LogP contribution in [0.15, 0.2) is 23.8 Å². The number of hydrogen-bond acceptors (Lipinski definition) is 4. The molecule has 2 aromatic rings. The van der Waals surface area contributed by atoms with Gasteiger partial charge in [0, 0.05) is 29.7 Å². The first-order valence-corrected chi connectivity index (χ1v) is 8.97. The van der Waals surface area contributed by atoms with Crippen LogP contribution in [-0.2, 0) is 6.54 Å². The highest BCUT2D eigenvalue weighted by Crippen LogP contribution is 2.26. The predicted octanol–water partition coefficient (Wildman–Crippen LogP) is 3.86. The third-order valence-electron chi connectivity index (χ3n) is 4.37. The Hall–Kier alpha value is -1.43. The highest BCUT2D eigenvalue weighted by atomic mass is 35.5. The van der Waals surface area contributed by atoms with Crippen molar-refractivity contribution in [1.82, 2.24) is 25.1 Å². The number of tetrazole rings is 1. The van der Waals surface area contributed by atoms with Crippen LogP contribution in [0.2, 0.25) is 10.0 Å². The van der Waals surface area contributed by atoms with Crippen LogP contribution in [-0.4, -0.2) is 44.7 Å². The molecule has 1 aromatic carbocycles. The SMILES string of the molecule is Cc1nnnn1CCCN1CCC(=Cc2cc(Cl)ccc2Cl)CC1. The summed E-state index contributed by atoms with van der Waals surface area (Å²) in [5, 5.41) is 13.0. The molecular weight excluding hydrogens is 345 g/mol. The zero-order chi connectivity index (χ0) is 16.9. The van der Waals surface area contributed by atoms with Crippen molar-refractivity contribution in [3.8, 4) is 0 Å². The van der Waals surface area contributed by atoms with E-state index in [1.165, 1.54) is 5.57 Å². The Kier molecular flexibility index (Phi) is 5.87. The number of rotatable bonds is 5. The van der Waals surface area contributed by atoms with Crippen molar-refractivity contribution in [3.63, 3.8) is 0 Å². The summed E-state index contributed by atoms with van der Waals surface area (Å²) < 4.78 is 1.86. The van der Waals surface area contributed by atoms with Crippen LogP contribution in [0.3, 0.4) is 0 Å². The van der Waals surface area contributed by atoms with E-state index in [4.69, 9.17) is 23.2 Å². The van der Waals surface area contributed by atoms with Crippen molar-refractivity contribution >= 4 is 29.3 Å². The summed E-state index contributed by atoms with van der Waals surface area (Å²) >= 11 is 12.3.